The molecule has 0 saturated carbocycles. The van der Waals surface area contributed by atoms with Gasteiger partial charge in [-0.1, -0.05) is 6.07 Å². The van der Waals surface area contributed by atoms with Gasteiger partial charge < -0.3 is 5.73 Å². The van der Waals surface area contributed by atoms with Crippen LogP contribution in [-0.2, 0) is 6.18 Å². The van der Waals surface area contributed by atoms with Crippen LogP contribution in [0.2, 0.25) is 0 Å². The Morgan fingerprint density at radius 1 is 1.38 bits per heavy atom. The van der Waals surface area contributed by atoms with Gasteiger partial charge in [0.25, 0.3) is 0 Å². The van der Waals surface area contributed by atoms with Crippen molar-refractivity contribution in [3.8, 4) is 0 Å². The summed E-state index contributed by atoms with van der Waals surface area (Å²) >= 11 is 0. The highest BCUT2D eigenvalue weighted by molar-refractivity contribution is 5.95. The molecule has 2 rings (SSSR count). The van der Waals surface area contributed by atoms with Gasteiger partial charge in [-0.3, -0.25) is 9.81 Å². The quantitative estimate of drug-likeness (QED) is 0.575. The molecule has 0 aliphatic carbocycles. The van der Waals surface area contributed by atoms with Gasteiger partial charge >= 0.3 is 6.18 Å². The Kier molecular flexibility index (Phi) is 2.11. The molecule has 2 aromatic rings. The lowest BCUT2D eigenvalue weighted by atomic mass is 10.3. The summed E-state index contributed by atoms with van der Waals surface area (Å²) in [5, 5.41) is 7.09. The number of hydrogen-bond acceptors (Lipinski definition) is 2. The monoisotopic (exact) mass is 228 g/mol. The Hall–Kier alpha value is -2.05. The van der Waals surface area contributed by atoms with Gasteiger partial charge in [0.1, 0.15) is 17.2 Å². The van der Waals surface area contributed by atoms with Crippen molar-refractivity contribution in [2.45, 2.75) is 6.18 Å². The smallest absolute Gasteiger partial charge is 0.382 e. The highest BCUT2D eigenvalue weighted by atomic mass is 19.4. The molecule has 0 radical (unpaired) electrons. The summed E-state index contributed by atoms with van der Waals surface area (Å²) in [4.78, 5) is 3.67. The highest BCUT2D eigenvalue weighted by Gasteiger charge is 2.38. The lowest BCUT2D eigenvalue weighted by Crippen LogP contribution is -2.19. The van der Waals surface area contributed by atoms with Crippen molar-refractivity contribution < 1.29 is 13.2 Å². The van der Waals surface area contributed by atoms with E-state index < -0.39 is 23.4 Å². The Bertz CT molecular complexity index is 555. The summed E-state index contributed by atoms with van der Waals surface area (Å²) in [7, 11) is 0. The minimum atomic E-state index is -4.60. The lowest BCUT2D eigenvalue weighted by molar-refractivity contribution is -0.141. The fourth-order valence-corrected chi connectivity index (χ4v) is 1.45. The van der Waals surface area contributed by atoms with Crippen molar-refractivity contribution >= 4 is 11.5 Å². The maximum absolute atomic E-state index is 12.8. The largest absolute Gasteiger partial charge is 0.434 e. The maximum Gasteiger partial charge on any atom is 0.434 e. The third-order valence-electron chi connectivity index (χ3n) is 2.05. The minimum Gasteiger partial charge on any atom is -0.382 e. The Labute approximate surface area is 88.0 Å². The van der Waals surface area contributed by atoms with Crippen LogP contribution in [-0.4, -0.2) is 15.2 Å². The summed E-state index contributed by atoms with van der Waals surface area (Å²) < 4.78 is 39.1. The van der Waals surface area contributed by atoms with E-state index in [-0.39, 0.29) is 5.65 Å². The molecule has 0 amide bonds. The van der Waals surface area contributed by atoms with Gasteiger partial charge in [0.15, 0.2) is 5.69 Å². The van der Waals surface area contributed by atoms with E-state index in [1.165, 1.54) is 18.3 Å². The van der Waals surface area contributed by atoms with Gasteiger partial charge in [0.2, 0.25) is 0 Å². The number of rotatable bonds is 1. The highest BCUT2D eigenvalue weighted by Crippen LogP contribution is 2.32. The Morgan fingerprint density at radius 3 is 2.62 bits per heavy atom. The molecule has 0 fully saturated rings. The number of fused-ring (bicyclic) bond motifs is 1. The predicted octanol–water partition coefficient (Wildman–Crippen LogP) is 1.64. The third-order valence-corrected chi connectivity index (χ3v) is 2.05. The molecule has 0 unspecified atom stereocenters. The van der Waals surface area contributed by atoms with Crippen LogP contribution < -0.4 is 5.73 Å². The van der Waals surface area contributed by atoms with Crippen molar-refractivity contribution in [2.75, 3.05) is 0 Å². The zero-order valence-corrected chi connectivity index (χ0v) is 7.92. The van der Waals surface area contributed by atoms with Gasteiger partial charge in [0, 0.05) is 6.20 Å². The number of nitrogen functional groups attached to an aromatic ring is 1. The molecule has 3 N–H and O–H groups in total. The van der Waals surface area contributed by atoms with Crippen LogP contribution in [0.15, 0.2) is 24.4 Å². The fraction of sp³-hybridized carbons (Fsp3) is 0.111. The van der Waals surface area contributed by atoms with Gasteiger partial charge in [-0.25, -0.2) is 4.98 Å². The molecule has 0 aromatic carbocycles. The van der Waals surface area contributed by atoms with E-state index in [0.717, 1.165) is 4.40 Å². The van der Waals surface area contributed by atoms with Crippen LogP contribution in [0.3, 0.4) is 0 Å². The topological polar surface area (TPSA) is 67.2 Å². The van der Waals surface area contributed by atoms with Gasteiger partial charge in [-0.2, -0.15) is 13.2 Å². The summed E-state index contributed by atoms with van der Waals surface area (Å²) in [6, 6.07) is 4.43. The standard InChI is InChI=1S/C9H7F3N4/c10-9(11,12)7-6(8(13)14)15-5-3-1-2-4-16(5)7/h1-4H,(H3,13,14). The van der Waals surface area contributed by atoms with Crippen molar-refractivity contribution in [3.63, 3.8) is 0 Å². The molecule has 2 aromatic heterocycles. The van der Waals surface area contributed by atoms with E-state index >= 15 is 0 Å². The number of amidine groups is 1. The first-order chi connectivity index (χ1) is 7.41. The van der Waals surface area contributed by atoms with Gasteiger partial charge in [-0.15, -0.1) is 0 Å². The molecule has 0 aliphatic heterocycles. The Balaban J connectivity index is 2.85. The molecule has 0 saturated heterocycles. The number of pyridine rings is 1. The lowest BCUT2D eigenvalue weighted by Gasteiger charge is -2.07. The SMILES string of the molecule is N=C(N)c1nc2ccccn2c1C(F)(F)F. The van der Waals surface area contributed by atoms with E-state index in [9.17, 15) is 13.2 Å². The number of halogens is 3. The minimum absolute atomic E-state index is 0.111. The average molecular weight is 228 g/mol. The van der Waals surface area contributed by atoms with Crippen LogP contribution in [0.25, 0.3) is 5.65 Å². The van der Waals surface area contributed by atoms with Crippen molar-refractivity contribution in [3.05, 3.63) is 35.8 Å². The van der Waals surface area contributed by atoms with Gasteiger partial charge in [0.05, 0.1) is 0 Å². The van der Waals surface area contributed by atoms with Crippen LogP contribution >= 0.6 is 0 Å². The second kappa shape index (κ2) is 3.22. The number of nitrogens with zero attached hydrogens (tertiary/aromatic N) is 2. The normalized spacial score (nSPS) is 11.9. The molecular weight excluding hydrogens is 221 g/mol. The van der Waals surface area contributed by atoms with Crippen LogP contribution in [0.5, 0.6) is 0 Å². The molecule has 0 atom stereocenters. The molecule has 0 aliphatic rings. The average Bonchev–Trinajstić information content (AvgIpc) is 2.55. The van der Waals surface area contributed by atoms with Crippen molar-refractivity contribution in [1.82, 2.24) is 9.38 Å². The third kappa shape index (κ3) is 1.50. The number of nitrogens with one attached hydrogen (secondary N) is 1. The first kappa shape index (κ1) is 10.5. The van der Waals surface area contributed by atoms with Crippen LogP contribution in [0, 0.1) is 5.41 Å². The summed E-state index contributed by atoms with van der Waals surface area (Å²) in [5.41, 5.74) is 3.63. The molecule has 4 nitrogen and oxygen atoms in total. The molecule has 7 heteroatoms. The van der Waals surface area contributed by atoms with E-state index in [1.54, 1.807) is 6.07 Å². The molecule has 16 heavy (non-hydrogen) atoms. The maximum atomic E-state index is 12.8. The van der Waals surface area contributed by atoms with E-state index in [2.05, 4.69) is 4.98 Å². The first-order valence-corrected chi connectivity index (χ1v) is 4.30. The Morgan fingerprint density at radius 2 is 2.06 bits per heavy atom. The molecule has 84 valence electrons. The number of alkyl halides is 3. The second-order valence-electron chi connectivity index (χ2n) is 3.15. The molecule has 2 heterocycles. The second-order valence-corrected chi connectivity index (χ2v) is 3.15. The van der Waals surface area contributed by atoms with E-state index in [4.69, 9.17) is 11.1 Å². The van der Waals surface area contributed by atoms with Crippen molar-refractivity contribution in [1.29, 1.82) is 5.41 Å². The summed E-state index contributed by atoms with van der Waals surface area (Å²) in [6.45, 7) is 0. The zero-order chi connectivity index (χ0) is 11.9. The zero-order valence-electron chi connectivity index (χ0n) is 7.92. The fourth-order valence-electron chi connectivity index (χ4n) is 1.45. The molecular formula is C9H7F3N4. The summed E-state index contributed by atoms with van der Waals surface area (Å²) in [6.07, 6.45) is -3.36. The van der Waals surface area contributed by atoms with Crippen LogP contribution in [0.4, 0.5) is 13.2 Å². The number of aromatic nitrogens is 2. The van der Waals surface area contributed by atoms with E-state index in [1.807, 2.05) is 0 Å². The van der Waals surface area contributed by atoms with E-state index in [0.29, 0.717) is 0 Å². The number of hydrogen-bond donors (Lipinski definition) is 2. The molecule has 0 spiro atoms. The van der Waals surface area contributed by atoms with Crippen LogP contribution in [0.1, 0.15) is 11.4 Å². The first-order valence-electron chi connectivity index (χ1n) is 4.30. The van der Waals surface area contributed by atoms with Gasteiger partial charge in [-0.05, 0) is 12.1 Å². The number of imidazole rings is 1. The molecule has 0 bridgehead atoms. The summed E-state index contributed by atoms with van der Waals surface area (Å²) in [5.74, 6) is -0.698. The number of nitrogens with two attached hydrogens (primary N) is 1. The van der Waals surface area contributed by atoms with Crippen molar-refractivity contribution in [2.24, 2.45) is 5.73 Å². The predicted molar refractivity (Wildman–Crippen MR) is 51.2 cm³/mol.